The van der Waals surface area contributed by atoms with Crippen LogP contribution in [0.4, 0.5) is 0 Å². The molecule has 0 saturated heterocycles. The number of hydrogen-bond acceptors (Lipinski definition) is 2. The molecule has 1 heterocycles. The van der Waals surface area contributed by atoms with Gasteiger partial charge < -0.3 is 9.67 Å². The second kappa shape index (κ2) is 5.17. The topological polar surface area (TPSA) is 55.1 Å². The van der Waals surface area contributed by atoms with Gasteiger partial charge in [0, 0.05) is 12.5 Å². The maximum Gasteiger partial charge on any atom is 0.335 e. The fourth-order valence-corrected chi connectivity index (χ4v) is 2.62. The largest absolute Gasteiger partial charge is 0.478 e. The Balaban J connectivity index is 2.10. The molecule has 3 rings (SSSR count). The summed E-state index contributed by atoms with van der Waals surface area (Å²) in [6, 6.07) is 5.25. The van der Waals surface area contributed by atoms with E-state index in [0.29, 0.717) is 23.3 Å². The molecule has 1 N–H and O–H groups in total. The van der Waals surface area contributed by atoms with Gasteiger partial charge in [-0.05, 0) is 42.9 Å². The van der Waals surface area contributed by atoms with Crippen LogP contribution in [0.5, 0.6) is 0 Å². The number of imidazole rings is 1. The first-order valence-corrected chi connectivity index (χ1v) is 7.71. The molecule has 112 valence electrons. The number of aromatic carboxylic acids is 1. The number of carboxylic acid groups (broad SMARTS) is 1. The molecule has 2 aromatic rings. The van der Waals surface area contributed by atoms with E-state index in [2.05, 4.69) is 25.3 Å². The first-order valence-electron chi connectivity index (χ1n) is 7.71. The van der Waals surface area contributed by atoms with Crippen LogP contribution >= 0.6 is 0 Å². The number of benzene rings is 1. The molecule has 1 unspecified atom stereocenters. The monoisotopic (exact) mass is 286 g/mol. The van der Waals surface area contributed by atoms with Crippen molar-refractivity contribution < 1.29 is 9.90 Å². The minimum Gasteiger partial charge on any atom is -0.478 e. The number of aromatic nitrogens is 2. The van der Waals surface area contributed by atoms with Gasteiger partial charge in [-0.1, -0.05) is 20.8 Å². The normalized spacial score (nSPS) is 16.6. The Morgan fingerprint density at radius 3 is 2.67 bits per heavy atom. The Morgan fingerprint density at radius 1 is 1.38 bits per heavy atom. The summed E-state index contributed by atoms with van der Waals surface area (Å²) in [7, 11) is 0. The zero-order valence-electron chi connectivity index (χ0n) is 12.8. The molecule has 1 aromatic carbocycles. The van der Waals surface area contributed by atoms with Gasteiger partial charge in [0.2, 0.25) is 0 Å². The lowest BCUT2D eigenvalue weighted by Gasteiger charge is -2.18. The molecule has 1 atom stereocenters. The standard InChI is InChI=1S/C17H22N2O2/c1-10(2)11(3)9-19-15-8-13(17(20)21)6-7-14(15)18-16(19)12-4-5-12/h6-8,10-12H,4-5,9H2,1-3H3,(H,20,21). The molecule has 4 nitrogen and oxygen atoms in total. The summed E-state index contributed by atoms with van der Waals surface area (Å²) in [5.74, 6) is 1.95. The Labute approximate surface area is 124 Å². The zero-order chi connectivity index (χ0) is 15.1. The van der Waals surface area contributed by atoms with Crippen LogP contribution in [-0.2, 0) is 6.54 Å². The highest BCUT2D eigenvalue weighted by Gasteiger charge is 2.30. The van der Waals surface area contributed by atoms with E-state index in [1.807, 2.05) is 6.07 Å². The minimum atomic E-state index is -0.880. The smallest absolute Gasteiger partial charge is 0.335 e. The van der Waals surface area contributed by atoms with Crippen molar-refractivity contribution in [2.24, 2.45) is 11.8 Å². The highest BCUT2D eigenvalue weighted by molar-refractivity contribution is 5.92. The van der Waals surface area contributed by atoms with Crippen molar-refractivity contribution in [3.05, 3.63) is 29.6 Å². The zero-order valence-corrected chi connectivity index (χ0v) is 12.8. The number of carbonyl (C=O) groups is 1. The number of carboxylic acids is 1. The predicted octanol–water partition coefficient (Wildman–Crippen LogP) is 3.90. The van der Waals surface area contributed by atoms with Gasteiger partial charge in [-0.25, -0.2) is 9.78 Å². The Hall–Kier alpha value is -1.84. The summed E-state index contributed by atoms with van der Waals surface area (Å²) in [4.78, 5) is 16.0. The van der Waals surface area contributed by atoms with Gasteiger partial charge in [0.1, 0.15) is 5.82 Å². The van der Waals surface area contributed by atoms with E-state index in [4.69, 9.17) is 4.98 Å². The number of hydrogen-bond donors (Lipinski definition) is 1. The first-order chi connectivity index (χ1) is 9.97. The fraction of sp³-hybridized carbons (Fsp3) is 0.529. The average Bonchev–Trinajstić information content (AvgIpc) is 3.22. The van der Waals surface area contributed by atoms with Crippen LogP contribution in [0.3, 0.4) is 0 Å². The van der Waals surface area contributed by atoms with E-state index >= 15 is 0 Å². The Morgan fingerprint density at radius 2 is 2.10 bits per heavy atom. The summed E-state index contributed by atoms with van der Waals surface area (Å²) in [5, 5.41) is 9.20. The van der Waals surface area contributed by atoms with Crippen molar-refractivity contribution in [1.29, 1.82) is 0 Å². The Bertz CT molecular complexity index is 683. The van der Waals surface area contributed by atoms with Gasteiger partial charge in [0.05, 0.1) is 16.6 Å². The Kier molecular flexibility index (Phi) is 3.47. The summed E-state index contributed by atoms with van der Waals surface area (Å²) in [6.07, 6.45) is 2.40. The molecule has 21 heavy (non-hydrogen) atoms. The SMILES string of the molecule is CC(C)C(C)Cn1c(C2CC2)nc2ccc(C(=O)O)cc21. The van der Waals surface area contributed by atoms with Gasteiger partial charge in [0.25, 0.3) is 0 Å². The molecule has 0 aliphatic heterocycles. The lowest BCUT2D eigenvalue weighted by molar-refractivity contribution is 0.0697. The van der Waals surface area contributed by atoms with Crippen LogP contribution in [0.2, 0.25) is 0 Å². The molecule has 1 saturated carbocycles. The fourth-order valence-electron chi connectivity index (χ4n) is 2.62. The summed E-state index contributed by atoms with van der Waals surface area (Å²) in [6.45, 7) is 7.60. The molecule has 0 amide bonds. The van der Waals surface area contributed by atoms with Crippen LogP contribution < -0.4 is 0 Å². The van der Waals surface area contributed by atoms with E-state index in [1.165, 1.54) is 12.8 Å². The molecular weight excluding hydrogens is 264 g/mol. The molecule has 1 aromatic heterocycles. The van der Waals surface area contributed by atoms with Crippen molar-refractivity contribution in [3.8, 4) is 0 Å². The minimum absolute atomic E-state index is 0.336. The summed E-state index contributed by atoms with van der Waals surface area (Å²) < 4.78 is 2.25. The van der Waals surface area contributed by atoms with Crippen LogP contribution in [-0.4, -0.2) is 20.6 Å². The highest BCUT2D eigenvalue weighted by atomic mass is 16.4. The van der Waals surface area contributed by atoms with E-state index in [1.54, 1.807) is 12.1 Å². The molecule has 1 aliphatic rings. The van der Waals surface area contributed by atoms with E-state index in [9.17, 15) is 9.90 Å². The quantitative estimate of drug-likeness (QED) is 0.906. The van der Waals surface area contributed by atoms with Gasteiger partial charge >= 0.3 is 5.97 Å². The van der Waals surface area contributed by atoms with E-state index < -0.39 is 5.97 Å². The highest BCUT2D eigenvalue weighted by Crippen LogP contribution is 2.41. The van der Waals surface area contributed by atoms with Crippen molar-refractivity contribution in [2.45, 2.75) is 46.1 Å². The molecule has 4 heteroatoms. The van der Waals surface area contributed by atoms with Crippen LogP contribution in [0.15, 0.2) is 18.2 Å². The predicted molar refractivity (Wildman–Crippen MR) is 82.7 cm³/mol. The van der Waals surface area contributed by atoms with E-state index in [-0.39, 0.29) is 0 Å². The van der Waals surface area contributed by atoms with Crippen molar-refractivity contribution in [2.75, 3.05) is 0 Å². The number of fused-ring (bicyclic) bond motifs is 1. The third kappa shape index (κ3) is 2.67. The summed E-state index contributed by atoms with van der Waals surface area (Å²) in [5.41, 5.74) is 2.21. The van der Waals surface area contributed by atoms with E-state index in [0.717, 1.165) is 23.4 Å². The molecule has 0 spiro atoms. The second-order valence-electron chi connectivity index (χ2n) is 6.58. The maximum absolute atomic E-state index is 11.2. The average molecular weight is 286 g/mol. The molecule has 0 bridgehead atoms. The lowest BCUT2D eigenvalue weighted by atomic mass is 9.98. The van der Waals surface area contributed by atoms with Crippen molar-refractivity contribution in [1.82, 2.24) is 9.55 Å². The second-order valence-corrected chi connectivity index (χ2v) is 6.58. The maximum atomic E-state index is 11.2. The van der Waals surface area contributed by atoms with Gasteiger partial charge in [0.15, 0.2) is 0 Å². The third-order valence-corrected chi connectivity index (χ3v) is 4.58. The van der Waals surface area contributed by atoms with Crippen LogP contribution in [0, 0.1) is 11.8 Å². The number of nitrogens with zero attached hydrogens (tertiary/aromatic N) is 2. The number of rotatable bonds is 5. The first kappa shape index (κ1) is 14.1. The van der Waals surface area contributed by atoms with Crippen LogP contribution in [0.1, 0.15) is 55.7 Å². The molecule has 0 radical (unpaired) electrons. The molecule has 1 fully saturated rings. The van der Waals surface area contributed by atoms with Gasteiger partial charge in [-0.15, -0.1) is 0 Å². The lowest BCUT2D eigenvalue weighted by Crippen LogP contribution is -2.15. The van der Waals surface area contributed by atoms with Gasteiger partial charge in [-0.2, -0.15) is 0 Å². The molecule has 1 aliphatic carbocycles. The van der Waals surface area contributed by atoms with Gasteiger partial charge in [-0.3, -0.25) is 0 Å². The van der Waals surface area contributed by atoms with Crippen molar-refractivity contribution in [3.63, 3.8) is 0 Å². The molecular formula is C17H22N2O2. The summed E-state index contributed by atoms with van der Waals surface area (Å²) >= 11 is 0. The third-order valence-electron chi connectivity index (χ3n) is 4.58. The van der Waals surface area contributed by atoms with Crippen LogP contribution in [0.25, 0.3) is 11.0 Å². The van der Waals surface area contributed by atoms with Crippen molar-refractivity contribution >= 4 is 17.0 Å².